The number of aromatic nitrogens is 2. The molecule has 7 nitrogen and oxygen atoms in total. The fourth-order valence-corrected chi connectivity index (χ4v) is 5.61. The summed E-state index contributed by atoms with van der Waals surface area (Å²) in [5.41, 5.74) is 1.23. The van der Waals surface area contributed by atoms with E-state index in [0.717, 1.165) is 23.6 Å². The van der Waals surface area contributed by atoms with Crippen molar-refractivity contribution in [3.05, 3.63) is 63.7 Å². The van der Waals surface area contributed by atoms with Gasteiger partial charge in [-0.15, -0.1) is 0 Å². The molecule has 0 saturated carbocycles. The molecule has 0 bridgehead atoms. The maximum absolute atomic E-state index is 13.3. The summed E-state index contributed by atoms with van der Waals surface area (Å²) >= 11 is 7.73. The van der Waals surface area contributed by atoms with E-state index in [1.54, 1.807) is 26.1 Å². The number of fused-ring (bicyclic) bond motifs is 1. The van der Waals surface area contributed by atoms with Crippen LogP contribution in [0.15, 0.2) is 44.7 Å². The van der Waals surface area contributed by atoms with E-state index in [-0.39, 0.29) is 24.2 Å². The van der Waals surface area contributed by atoms with Crippen LogP contribution in [-0.4, -0.2) is 34.6 Å². The second-order valence-corrected chi connectivity index (χ2v) is 11.2. The molecule has 0 spiro atoms. The lowest BCUT2D eigenvalue weighted by Crippen LogP contribution is -2.23. The first-order valence-corrected chi connectivity index (χ1v) is 13.6. The molecule has 0 amide bonds. The average molecular weight is 752 g/mol. The Hall–Kier alpha value is -1.54. The molecule has 1 aromatic heterocycles. The minimum absolute atomic E-state index is 0.0551. The van der Waals surface area contributed by atoms with Crippen molar-refractivity contribution in [2.45, 2.75) is 46.1 Å². The van der Waals surface area contributed by atoms with Crippen molar-refractivity contribution in [3.63, 3.8) is 0 Å². The number of hydrogen-bond acceptors (Lipinski definition) is 6. The SMILES string of the molecule is CC[C@@H](C)c1nc2ccc(Br)cc2c(=O)n1N=Cc1cc(I)c(OCC(=O)OC(C)C)c(I)c1. The lowest BCUT2D eigenvalue weighted by molar-refractivity contribution is -0.149. The highest BCUT2D eigenvalue weighted by molar-refractivity contribution is 14.1. The third-order valence-electron chi connectivity index (χ3n) is 4.93. The zero-order chi connectivity index (χ0) is 25.0. The van der Waals surface area contributed by atoms with Gasteiger partial charge in [-0.05, 0) is 101 Å². The van der Waals surface area contributed by atoms with Crippen LogP contribution >= 0.6 is 61.1 Å². The van der Waals surface area contributed by atoms with E-state index in [4.69, 9.17) is 14.5 Å². The smallest absolute Gasteiger partial charge is 0.344 e. The second kappa shape index (κ2) is 11.9. The zero-order valence-electron chi connectivity index (χ0n) is 19.1. The Morgan fingerprint density at radius 2 is 1.88 bits per heavy atom. The Morgan fingerprint density at radius 3 is 2.50 bits per heavy atom. The van der Waals surface area contributed by atoms with Crippen LogP contribution in [-0.2, 0) is 9.53 Å². The van der Waals surface area contributed by atoms with Crippen LogP contribution in [0.3, 0.4) is 0 Å². The van der Waals surface area contributed by atoms with Gasteiger partial charge in [-0.25, -0.2) is 9.78 Å². The fraction of sp³-hybridized carbons (Fsp3) is 0.333. The molecule has 0 saturated heterocycles. The molecule has 0 unspecified atom stereocenters. The van der Waals surface area contributed by atoms with Gasteiger partial charge in [0.15, 0.2) is 6.61 Å². The van der Waals surface area contributed by atoms with E-state index in [1.165, 1.54) is 4.68 Å². The number of carbonyl (C=O) groups excluding carboxylic acids is 1. The van der Waals surface area contributed by atoms with Crippen LogP contribution in [0.2, 0.25) is 0 Å². The molecule has 3 rings (SSSR count). The van der Waals surface area contributed by atoms with Crippen LogP contribution in [0.1, 0.15) is 51.4 Å². The van der Waals surface area contributed by atoms with E-state index in [1.807, 2.05) is 31.2 Å². The number of benzene rings is 2. The quantitative estimate of drug-likeness (QED) is 0.158. The molecule has 180 valence electrons. The molecule has 1 atom stereocenters. The third kappa shape index (κ3) is 6.56. The first-order chi connectivity index (χ1) is 16.1. The van der Waals surface area contributed by atoms with Crippen LogP contribution < -0.4 is 10.3 Å². The molecule has 3 aromatic rings. The van der Waals surface area contributed by atoms with Crippen molar-refractivity contribution in [1.29, 1.82) is 0 Å². The zero-order valence-corrected chi connectivity index (χ0v) is 25.0. The summed E-state index contributed by atoms with van der Waals surface area (Å²) in [6, 6.07) is 9.24. The highest BCUT2D eigenvalue weighted by Gasteiger charge is 2.16. The minimum atomic E-state index is -0.417. The predicted octanol–water partition coefficient (Wildman–Crippen LogP) is 6.09. The fourth-order valence-electron chi connectivity index (χ4n) is 3.12. The molecule has 0 fully saturated rings. The number of carbonyl (C=O) groups is 1. The van der Waals surface area contributed by atoms with E-state index in [0.29, 0.717) is 22.5 Å². The molecule has 0 aliphatic heterocycles. The lowest BCUT2D eigenvalue weighted by atomic mass is 10.1. The van der Waals surface area contributed by atoms with Crippen molar-refractivity contribution in [3.8, 4) is 5.75 Å². The Balaban J connectivity index is 1.96. The largest absolute Gasteiger partial charge is 0.480 e. The van der Waals surface area contributed by atoms with E-state index in [2.05, 4.69) is 73.1 Å². The van der Waals surface area contributed by atoms with Gasteiger partial charge in [0.05, 0.1) is 30.4 Å². The van der Waals surface area contributed by atoms with Gasteiger partial charge in [0.1, 0.15) is 11.6 Å². The van der Waals surface area contributed by atoms with Gasteiger partial charge in [-0.3, -0.25) is 4.79 Å². The summed E-state index contributed by atoms with van der Waals surface area (Å²) in [7, 11) is 0. The van der Waals surface area contributed by atoms with Gasteiger partial charge in [0.25, 0.3) is 5.56 Å². The van der Waals surface area contributed by atoms with E-state index < -0.39 is 5.97 Å². The number of nitrogens with zero attached hydrogens (tertiary/aromatic N) is 3. The molecule has 2 aromatic carbocycles. The molecule has 10 heteroatoms. The molecule has 0 aliphatic rings. The number of ether oxygens (including phenoxy) is 2. The topological polar surface area (TPSA) is 82.8 Å². The Bertz CT molecular complexity index is 1280. The Morgan fingerprint density at radius 1 is 1.21 bits per heavy atom. The number of esters is 1. The predicted molar refractivity (Wildman–Crippen MR) is 154 cm³/mol. The number of rotatable bonds is 8. The first-order valence-electron chi connectivity index (χ1n) is 10.7. The highest BCUT2D eigenvalue weighted by atomic mass is 127. The molecular weight excluding hydrogens is 728 g/mol. The molecule has 0 radical (unpaired) electrons. The van der Waals surface area contributed by atoms with Crippen LogP contribution in [0.25, 0.3) is 10.9 Å². The van der Waals surface area contributed by atoms with E-state index in [9.17, 15) is 9.59 Å². The summed E-state index contributed by atoms with van der Waals surface area (Å²) in [5.74, 6) is 0.861. The van der Waals surface area contributed by atoms with Crippen molar-refractivity contribution in [2.75, 3.05) is 6.61 Å². The molecule has 1 heterocycles. The first kappa shape index (κ1) is 27.1. The van der Waals surface area contributed by atoms with Crippen LogP contribution in [0, 0.1) is 7.14 Å². The summed E-state index contributed by atoms with van der Waals surface area (Å²) < 4.78 is 14.6. The molecule has 0 aliphatic carbocycles. The summed E-state index contributed by atoms with van der Waals surface area (Å²) in [5, 5.41) is 5.02. The Labute approximate surface area is 233 Å². The van der Waals surface area contributed by atoms with Gasteiger partial charge in [0, 0.05) is 10.4 Å². The van der Waals surface area contributed by atoms with Crippen LogP contribution in [0.5, 0.6) is 5.75 Å². The molecular formula is C24H24BrI2N3O4. The van der Waals surface area contributed by atoms with Gasteiger partial charge in [0.2, 0.25) is 0 Å². The average Bonchev–Trinajstić information content (AvgIpc) is 2.77. The van der Waals surface area contributed by atoms with E-state index >= 15 is 0 Å². The van der Waals surface area contributed by atoms with Gasteiger partial charge in [-0.2, -0.15) is 9.78 Å². The molecule has 0 N–H and O–H groups in total. The number of hydrogen-bond donors (Lipinski definition) is 0. The van der Waals surface area contributed by atoms with Gasteiger partial charge in [-0.1, -0.05) is 29.8 Å². The lowest BCUT2D eigenvalue weighted by Gasteiger charge is -2.14. The van der Waals surface area contributed by atoms with Crippen molar-refractivity contribution < 1.29 is 14.3 Å². The highest BCUT2D eigenvalue weighted by Crippen LogP contribution is 2.29. The third-order valence-corrected chi connectivity index (χ3v) is 7.03. The molecule has 34 heavy (non-hydrogen) atoms. The van der Waals surface area contributed by atoms with Gasteiger partial charge < -0.3 is 9.47 Å². The maximum atomic E-state index is 13.3. The Kier molecular flexibility index (Phi) is 9.49. The van der Waals surface area contributed by atoms with Crippen molar-refractivity contribution in [2.24, 2.45) is 5.10 Å². The number of halogens is 3. The summed E-state index contributed by atoms with van der Waals surface area (Å²) in [4.78, 5) is 29.8. The monoisotopic (exact) mass is 751 g/mol. The van der Waals surface area contributed by atoms with Gasteiger partial charge >= 0.3 is 5.97 Å². The second-order valence-electron chi connectivity index (χ2n) is 7.94. The normalized spacial score (nSPS) is 12.5. The minimum Gasteiger partial charge on any atom is -0.480 e. The van der Waals surface area contributed by atoms with Crippen LogP contribution in [0.4, 0.5) is 0 Å². The van der Waals surface area contributed by atoms with Crippen molar-refractivity contribution in [1.82, 2.24) is 9.66 Å². The summed E-state index contributed by atoms with van der Waals surface area (Å²) in [6.07, 6.45) is 2.27. The van der Waals surface area contributed by atoms with Crippen molar-refractivity contribution >= 4 is 84.2 Å². The standard InChI is InChI=1S/C24H24BrI2N3O4/c1-5-14(4)23-29-20-7-6-16(25)10-17(20)24(32)30(23)28-11-15-8-18(26)22(19(27)9-15)33-12-21(31)34-13(2)3/h6-11,13-14H,5,12H2,1-4H3/t14-/m1/s1. The maximum Gasteiger partial charge on any atom is 0.344 e. The summed E-state index contributed by atoms with van der Waals surface area (Å²) in [6.45, 7) is 7.50.